The number of hydrogen-bond donors (Lipinski definition) is 0. The van der Waals surface area contributed by atoms with Crippen LogP contribution in [-0.2, 0) is 0 Å². The minimum absolute atomic E-state index is 0.594. The van der Waals surface area contributed by atoms with E-state index in [1.54, 1.807) is 0 Å². The Morgan fingerprint density at radius 3 is 1.64 bits per heavy atom. The maximum atomic E-state index is 6.53. The van der Waals surface area contributed by atoms with E-state index in [0.29, 0.717) is 17.5 Å². The molecule has 0 radical (unpaired) electrons. The average Bonchev–Trinajstić information content (AvgIpc) is 3.82. The summed E-state index contributed by atoms with van der Waals surface area (Å²) in [6.45, 7) is 0. The first kappa shape index (κ1) is 31.9. The topological polar surface area (TPSA) is 56.7 Å². The van der Waals surface area contributed by atoms with Gasteiger partial charge in [0.1, 0.15) is 11.2 Å². The predicted octanol–water partition coefficient (Wildman–Crippen LogP) is 13.2. The third kappa shape index (κ3) is 5.29. The molecule has 0 aliphatic heterocycles. The van der Waals surface area contributed by atoms with Gasteiger partial charge in [0.25, 0.3) is 0 Å². The Kier molecular flexibility index (Phi) is 7.42. The van der Waals surface area contributed by atoms with E-state index in [9.17, 15) is 0 Å². The molecular formula is C51H32N4O. The SMILES string of the molecule is c1ccc(-c2nc(-c3ccccc3)nc(-c3ccc4c(c3)oc3ccc(-c5ccccc5-n5c6ccccc6c6c(-c7ccccc7)cccc65)cc34)n2)cc1. The molecular weight excluding hydrogens is 685 g/mol. The molecule has 5 nitrogen and oxygen atoms in total. The predicted molar refractivity (Wildman–Crippen MR) is 229 cm³/mol. The zero-order chi connectivity index (χ0) is 37.0. The van der Waals surface area contributed by atoms with Crippen LogP contribution in [0.3, 0.4) is 0 Å². The van der Waals surface area contributed by atoms with E-state index >= 15 is 0 Å². The van der Waals surface area contributed by atoms with E-state index in [4.69, 9.17) is 19.4 Å². The van der Waals surface area contributed by atoms with Gasteiger partial charge in [-0.05, 0) is 59.2 Å². The molecule has 0 N–H and O–H groups in total. The highest BCUT2D eigenvalue weighted by molar-refractivity contribution is 6.16. The molecule has 0 bridgehead atoms. The van der Waals surface area contributed by atoms with Crippen molar-refractivity contribution >= 4 is 43.7 Å². The molecule has 0 amide bonds. The van der Waals surface area contributed by atoms with Crippen LogP contribution in [0.1, 0.15) is 0 Å². The molecule has 0 saturated heterocycles. The number of fused-ring (bicyclic) bond motifs is 6. The van der Waals surface area contributed by atoms with Gasteiger partial charge in [0.2, 0.25) is 0 Å². The standard InChI is InChI=1S/C51H32N4O/c1-4-15-33(16-5-1)39-23-14-26-45-48(39)41-22-11-13-25-44(41)55(45)43-24-12-10-21-38(43)36-28-30-46-42(31-36)40-29-27-37(32-47(40)56-46)51-53-49(34-17-6-2-7-18-34)52-50(54-51)35-19-8-3-9-20-35/h1-32H. The lowest BCUT2D eigenvalue weighted by molar-refractivity contribution is 0.669. The molecule has 0 atom stereocenters. The molecule has 8 aromatic carbocycles. The van der Waals surface area contributed by atoms with Crippen LogP contribution < -0.4 is 0 Å². The fraction of sp³-hybridized carbons (Fsp3) is 0. The Labute approximate surface area is 322 Å². The summed E-state index contributed by atoms with van der Waals surface area (Å²) >= 11 is 0. The lowest BCUT2D eigenvalue weighted by Gasteiger charge is -2.14. The van der Waals surface area contributed by atoms with Crippen molar-refractivity contribution < 1.29 is 4.42 Å². The Hall–Kier alpha value is -7.63. The molecule has 0 aliphatic carbocycles. The van der Waals surface area contributed by atoms with Crippen molar-refractivity contribution in [2.24, 2.45) is 0 Å². The zero-order valence-corrected chi connectivity index (χ0v) is 30.2. The third-order valence-electron chi connectivity index (χ3n) is 10.7. The van der Waals surface area contributed by atoms with Gasteiger partial charge < -0.3 is 8.98 Å². The maximum Gasteiger partial charge on any atom is 0.164 e. The van der Waals surface area contributed by atoms with E-state index in [1.165, 1.54) is 32.9 Å². The molecule has 56 heavy (non-hydrogen) atoms. The molecule has 0 spiro atoms. The normalized spacial score (nSPS) is 11.6. The van der Waals surface area contributed by atoms with Crippen molar-refractivity contribution in [1.29, 1.82) is 0 Å². The summed E-state index contributed by atoms with van der Waals surface area (Å²) in [7, 11) is 0. The van der Waals surface area contributed by atoms with E-state index in [0.717, 1.165) is 55.4 Å². The van der Waals surface area contributed by atoms with Gasteiger partial charge in [-0.3, -0.25) is 0 Å². The quantitative estimate of drug-likeness (QED) is 0.172. The highest BCUT2D eigenvalue weighted by atomic mass is 16.3. The summed E-state index contributed by atoms with van der Waals surface area (Å²) in [5, 5.41) is 4.57. The van der Waals surface area contributed by atoms with Gasteiger partial charge in [-0.25, -0.2) is 15.0 Å². The number of rotatable bonds is 6. The Morgan fingerprint density at radius 2 is 0.911 bits per heavy atom. The monoisotopic (exact) mass is 716 g/mol. The van der Waals surface area contributed by atoms with Crippen LogP contribution in [0.25, 0.3) is 106 Å². The Bertz CT molecular complexity index is 3180. The van der Waals surface area contributed by atoms with E-state index < -0.39 is 0 Å². The van der Waals surface area contributed by atoms with Gasteiger partial charge in [-0.1, -0.05) is 152 Å². The summed E-state index contributed by atoms with van der Waals surface area (Å²) in [4.78, 5) is 14.8. The van der Waals surface area contributed by atoms with Crippen molar-refractivity contribution in [2.45, 2.75) is 0 Å². The van der Waals surface area contributed by atoms with Crippen molar-refractivity contribution in [3.05, 3.63) is 194 Å². The summed E-state index contributed by atoms with van der Waals surface area (Å²) < 4.78 is 8.95. The van der Waals surface area contributed by atoms with E-state index in [-0.39, 0.29) is 0 Å². The first-order valence-electron chi connectivity index (χ1n) is 18.8. The lowest BCUT2D eigenvalue weighted by Crippen LogP contribution is -2.00. The Morgan fingerprint density at radius 1 is 0.339 bits per heavy atom. The van der Waals surface area contributed by atoms with Gasteiger partial charge in [0, 0.05) is 43.8 Å². The minimum Gasteiger partial charge on any atom is -0.456 e. The number of hydrogen-bond acceptors (Lipinski definition) is 4. The summed E-state index contributed by atoms with van der Waals surface area (Å²) in [6.07, 6.45) is 0. The highest BCUT2D eigenvalue weighted by Gasteiger charge is 2.19. The first-order valence-corrected chi connectivity index (χ1v) is 18.8. The van der Waals surface area contributed by atoms with Crippen LogP contribution in [-0.4, -0.2) is 19.5 Å². The van der Waals surface area contributed by atoms with Crippen molar-refractivity contribution in [3.63, 3.8) is 0 Å². The number of benzene rings is 8. The molecule has 3 heterocycles. The van der Waals surface area contributed by atoms with E-state index in [1.807, 2.05) is 66.7 Å². The van der Waals surface area contributed by atoms with Crippen LogP contribution >= 0.6 is 0 Å². The van der Waals surface area contributed by atoms with Gasteiger partial charge >= 0.3 is 0 Å². The first-order chi connectivity index (χ1) is 27.8. The molecule has 3 aromatic heterocycles. The summed E-state index contributed by atoms with van der Waals surface area (Å²) in [5.41, 5.74) is 12.5. The number of para-hydroxylation sites is 2. The van der Waals surface area contributed by atoms with Crippen LogP contribution in [0.4, 0.5) is 0 Å². The maximum absolute atomic E-state index is 6.53. The third-order valence-corrected chi connectivity index (χ3v) is 10.7. The average molecular weight is 717 g/mol. The van der Waals surface area contributed by atoms with Crippen molar-refractivity contribution in [2.75, 3.05) is 0 Å². The van der Waals surface area contributed by atoms with Gasteiger partial charge in [-0.15, -0.1) is 0 Å². The fourth-order valence-electron chi connectivity index (χ4n) is 8.07. The van der Waals surface area contributed by atoms with Crippen LogP contribution in [0, 0.1) is 0 Å². The lowest BCUT2D eigenvalue weighted by atomic mass is 9.99. The molecule has 0 unspecified atom stereocenters. The highest BCUT2D eigenvalue weighted by Crippen LogP contribution is 2.42. The minimum atomic E-state index is 0.594. The van der Waals surface area contributed by atoms with Crippen LogP contribution in [0.15, 0.2) is 199 Å². The van der Waals surface area contributed by atoms with Gasteiger partial charge in [0.15, 0.2) is 17.5 Å². The van der Waals surface area contributed by atoms with Crippen molar-refractivity contribution in [3.8, 4) is 62.1 Å². The van der Waals surface area contributed by atoms with Crippen LogP contribution in [0.2, 0.25) is 0 Å². The second-order valence-electron chi connectivity index (χ2n) is 14.0. The molecule has 11 rings (SSSR count). The van der Waals surface area contributed by atoms with Gasteiger partial charge in [0.05, 0.1) is 16.7 Å². The molecule has 0 saturated carbocycles. The smallest absolute Gasteiger partial charge is 0.164 e. The second-order valence-corrected chi connectivity index (χ2v) is 14.0. The molecule has 262 valence electrons. The molecule has 11 aromatic rings. The molecule has 0 fully saturated rings. The number of nitrogens with zero attached hydrogens (tertiary/aromatic N) is 4. The second kappa shape index (κ2) is 13.0. The molecule has 5 heteroatoms. The summed E-state index contributed by atoms with van der Waals surface area (Å²) in [5.74, 6) is 1.85. The zero-order valence-electron chi connectivity index (χ0n) is 30.2. The van der Waals surface area contributed by atoms with Crippen molar-refractivity contribution in [1.82, 2.24) is 19.5 Å². The number of aromatic nitrogens is 4. The molecule has 0 aliphatic rings. The fourth-order valence-corrected chi connectivity index (χ4v) is 8.07. The summed E-state index contributed by atoms with van der Waals surface area (Å²) in [6, 6.07) is 67.6. The van der Waals surface area contributed by atoms with E-state index in [2.05, 4.69) is 132 Å². The van der Waals surface area contributed by atoms with Gasteiger partial charge in [-0.2, -0.15) is 0 Å². The number of furan rings is 1. The van der Waals surface area contributed by atoms with Crippen LogP contribution in [0.5, 0.6) is 0 Å². The Balaban J connectivity index is 1.04. The largest absolute Gasteiger partial charge is 0.456 e.